The number of aromatic nitrogens is 1. The second-order valence-corrected chi connectivity index (χ2v) is 4.56. The summed E-state index contributed by atoms with van der Waals surface area (Å²) in [5.41, 5.74) is 1.41. The van der Waals surface area contributed by atoms with Crippen molar-refractivity contribution in [3.63, 3.8) is 0 Å². The molecule has 0 spiro atoms. The fourth-order valence-electron chi connectivity index (χ4n) is 1.74. The predicted molar refractivity (Wildman–Crippen MR) is 85.7 cm³/mol. The Morgan fingerprint density at radius 3 is 2.52 bits per heavy atom. The first-order chi connectivity index (χ1) is 11.1. The molecule has 7 nitrogen and oxygen atoms in total. The van der Waals surface area contributed by atoms with Gasteiger partial charge in [-0.05, 0) is 49.7 Å². The van der Waals surface area contributed by atoms with Gasteiger partial charge >= 0.3 is 12.2 Å². The van der Waals surface area contributed by atoms with Gasteiger partial charge in [-0.1, -0.05) is 6.07 Å². The number of rotatable bonds is 4. The molecule has 2 rings (SSSR count). The summed E-state index contributed by atoms with van der Waals surface area (Å²) in [6, 6.07) is 9.56. The predicted octanol–water partition coefficient (Wildman–Crippen LogP) is 3.57. The Morgan fingerprint density at radius 1 is 1.13 bits per heavy atom. The van der Waals surface area contributed by atoms with Gasteiger partial charge in [0.2, 0.25) is 0 Å². The van der Waals surface area contributed by atoms with Crippen molar-refractivity contribution >= 4 is 23.7 Å². The van der Waals surface area contributed by atoms with Gasteiger partial charge in [0.05, 0.1) is 6.61 Å². The van der Waals surface area contributed by atoms with Crippen LogP contribution in [0.4, 0.5) is 21.1 Å². The number of amides is 2. The largest absolute Gasteiger partial charge is 0.513 e. The maximum Gasteiger partial charge on any atom is 0.513 e. The lowest BCUT2D eigenvalue weighted by atomic mass is 10.3. The van der Waals surface area contributed by atoms with Gasteiger partial charge in [-0.3, -0.25) is 5.32 Å². The number of urea groups is 1. The number of nitrogens with one attached hydrogen (secondary N) is 2. The molecule has 0 aliphatic carbocycles. The van der Waals surface area contributed by atoms with Gasteiger partial charge in [0, 0.05) is 11.9 Å². The van der Waals surface area contributed by atoms with Crippen LogP contribution in [0.15, 0.2) is 42.6 Å². The molecule has 0 atom stereocenters. The molecule has 1 aromatic heterocycles. The summed E-state index contributed by atoms with van der Waals surface area (Å²) >= 11 is 0. The summed E-state index contributed by atoms with van der Waals surface area (Å²) in [6.07, 6.45) is 0.834. The second kappa shape index (κ2) is 7.79. The third-order valence-electron chi connectivity index (χ3n) is 2.82. The normalized spacial score (nSPS) is 9.83. The van der Waals surface area contributed by atoms with Crippen molar-refractivity contribution in [3.05, 3.63) is 48.2 Å². The Labute approximate surface area is 133 Å². The minimum atomic E-state index is -0.767. The molecule has 0 bridgehead atoms. The van der Waals surface area contributed by atoms with Crippen LogP contribution in [0.2, 0.25) is 0 Å². The molecule has 0 fully saturated rings. The van der Waals surface area contributed by atoms with Crippen molar-refractivity contribution in [2.45, 2.75) is 13.8 Å². The highest BCUT2D eigenvalue weighted by molar-refractivity contribution is 5.99. The van der Waals surface area contributed by atoms with Gasteiger partial charge in [0.15, 0.2) is 0 Å². The molecule has 120 valence electrons. The second-order valence-electron chi connectivity index (χ2n) is 4.56. The minimum absolute atomic E-state index is 0.242. The number of pyridine rings is 1. The number of carbonyl (C=O) groups excluding carboxylic acids is 2. The van der Waals surface area contributed by atoms with Crippen LogP contribution >= 0.6 is 0 Å². The van der Waals surface area contributed by atoms with Crippen LogP contribution in [-0.2, 0) is 4.74 Å². The average Bonchev–Trinajstić information content (AvgIpc) is 2.52. The first kappa shape index (κ1) is 16.3. The fourth-order valence-corrected chi connectivity index (χ4v) is 1.74. The monoisotopic (exact) mass is 315 g/mol. The lowest BCUT2D eigenvalue weighted by Crippen LogP contribution is -2.20. The molecule has 0 saturated heterocycles. The molecular formula is C16H17N3O4. The number of anilines is 2. The van der Waals surface area contributed by atoms with Crippen LogP contribution in [-0.4, -0.2) is 23.8 Å². The van der Waals surface area contributed by atoms with Crippen molar-refractivity contribution in [2.24, 2.45) is 0 Å². The number of hydrogen-bond acceptors (Lipinski definition) is 5. The third-order valence-corrected chi connectivity index (χ3v) is 2.82. The quantitative estimate of drug-likeness (QED) is 0.665. The van der Waals surface area contributed by atoms with Crippen molar-refractivity contribution in [3.8, 4) is 5.75 Å². The van der Waals surface area contributed by atoms with E-state index in [9.17, 15) is 9.59 Å². The van der Waals surface area contributed by atoms with Gasteiger partial charge in [0.25, 0.3) is 0 Å². The summed E-state index contributed by atoms with van der Waals surface area (Å²) in [5.74, 6) is 0.822. The maximum absolute atomic E-state index is 11.9. The van der Waals surface area contributed by atoms with Gasteiger partial charge in [0.1, 0.15) is 11.6 Å². The third kappa shape index (κ3) is 4.99. The lowest BCUT2D eigenvalue weighted by molar-refractivity contribution is 0.104. The first-order valence-electron chi connectivity index (χ1n) is 7.02. The van der Waals surface area contributed by atoms with Crippen LogP contribution in [0, 0.1) is 6.92 Å². The zero-order valence-electron chi connectivity index (χ0n) is 12.8. The zero-order chi connectivity index (χ0) is 16.7. The standard InChI is InChI=1S/C16H17N3O4/c1-3-22-16(21)23-13-8-6-12(7-9-13)18-15(20)19-14-11(2)5-4-10-17-14/h4-10H,3H2,1-2H3,(H2,17,18,19,20). The minimum Gasteiger partial charge on any atom is -0.434 e. The molecular weight excluding hydrogens is 298 g/mol. The summed E-state index contributed by atoms with van der Waals surface area (Å²) in [7, 11) is 0. The van der Waals surface area contributed by atoms with E-state index in [0.29, 0.717) is 17.3 Å². The fraction of sp³-hybridized carbons (Fsp3) is 0.188. The van der Waals surface area contributed by atoms with Gasteiger partial charge in [-0.25, -0.2) is 14.6 Å². The highest BCUT2D eigenvalue weighted by atomic mass is 16.7. The van der Waals surface area contributed by atoms with Crippen molar-refractivity contribution < 1.29 is 19.1 Å². The van der Waals surface area contributed by atoms with Crippen LogP contribution in [0.3, 0.4) is 0 Å². The molecule has 0 aliphatic heterocycles. The maximum atomic E-state index is 11.9. The van der Waals surface area contributed by atoms with E-state index in [1.807, 2.05) is 13.0 Å². The van der Waals surface area contributed by atoms with E-state index in [1.165, 1.54) is 0 Å². The van der Waals surface area contributed by atoms with E-state index in [1.54, 1.807) is 43.5 Å². The Kier molecular flexibility index (Phi) is 5.51. The van der Waals surface area contributed by atoms with Crippen molar-refractivity contribution in [1.82, 2.24) is 4.98 Å². The Balaban J connectivity index is 1.91. The van der Waals surface area contributed by atoms with Crippen LogP contribution < -0.4 is 15.4 Å². The molecule has 0 radical (unpaired) electrons. The van der Waals surface area contributed by atoms with E-state index in [4.69, 9.17) is 4.74 Å². The van der Waals surface area contributed by atoms with Gasteiger partial charge < -0.3 is 14.8 Å². The van der Waals surface area contributed by atoms with E-state index >= 15 is 0 Å². The molecule has 1 heterocycles. The molecule has 0 aliphatic rings. The van der Waals surface area contributed by atoms with Crippen LogP contribution in [0.25, 0.3) is 0 Å². The number of nitrogens with zero attached hydrogens (tertiary/aromatic N) is 1. The molecule has 23 heavy (non-hydrogen) atoms. The van der Waals surface area contributed by atoms with Crippen molar-refractivity contribution in [1.29, 1.82) is 0 Å². The Morgan fingerprint density at radius 2 is 1.87 bits per heavy atom. The van der Waals surface area contributed by atoms with Crippen LogP contribution in [0.1, 0.15) is 12.5 Å². The summed E-state index contributed by atoms with van der Waals surface area (Å²) in [5, 5.41) is 5.32. The zero-order valence-corrected chi connectivity index (χ0v) is 12.8. The Bertz CT molecular complexity index is 686. The number of aryl methyl sites for hydroxylation is 1. The smallest absolute Gasteiger partial charge is 0.434 e. The highest BCUT2D eigenvalue weighted by Crippen LogP contribution is 2.17. The highest BCUT2D eigenvalue weighted by Gasteiger charge is 2.07. The van der Waals surface area contributed by atoms with E-state index in [-0.39, 0.29) is 6.61 Å². The molecule has 0 saturated carbocycles. The Hall–Kier alpha value is -3.09. The topological polar surface area (TPSA) is 89.5 Å². The number of hydrogen-bond donors (Lipinski definition) is 2. The van der Waals surface area contributed by atoms with Crippen LogP contribution in [0.5, 0.6) is 5.75 Å². The van der Waals surface area contributed by atoms with Gasteiger partial charge in [-0.15, -0.1) is 0 Å². The molecule has 0 unspecified atom stereocenters. The molecule has 7 heteroatoms. The van der Waals surface area contributed by atoms with Gasteiger partial charge in [-0.2, -0.15) is 0 Å². The van der Waals surface area contributed by atoms with Crippen molar-refractivity contribution in [2.75, 3.05) is 17.2 Å². The number of benzene rings is 1. The molecule has 2 N–H and O–H groups in total. The number of carbonyl (C=O) groups is 2. The molecule has 1 aromatic carbocycles. The number of ether oxygens (including phenoxy) is 2. The average molecular weight is 315 g/mol. The summed E-state index contributed by atoms with van der Waals surface area (Å²) in [4.78, 5) is 27.2. The lowest BCUT2D eigenvalue weighted by Gasteiger charge is -2.09. The SMILES string of the molecule is CCOC(=O)Oc1ccc(NC(=O)Nc2ncccc2C)cc1. The summed E-state index contributed by atoms with van der Waals surface area (Å²) < 4.78 is 9.60. The molecule has 2 aromatic rings. The molecule has 2 amide bonds. The van der Waals surface area contributed by atoms with E-state index < -0.39 is 12.2 Å². The summed E-state index contributed by atoms with van der Waals surface area (Å²) in [6.45, 7) is 3.78. The van der Waals surface area contributed by atoms with E-state index in [2.05, 4.69) is 20.4 Å². The first-order valence-corrected chi connectivity index (χ1v) is 7.02. The van der Waals surface area contributed by atoms with E-state index in [0.717, 1.165) is 5.56 Å².